The molecule has 0 unspecified atom stereocenters. The molecule has 0 atom stereocenters. The molecule has 5 nitrogen and oxygen atoms in total. The predicted molar refractivity (Wildman–Crippen MR) is 42.6 cm³/mol. The van der Waals surface area contributed by atoms with E-state index < -0.39 is 11.2 Å². The Morgan fingerprint density at radius 2 is 2.31 bits per heavy atom. The van der Waals surface area contributed by atoms with E-state index in [0.717, 1.165) is 6.26 Å². The Bertz CT molecular complexity index is 333. The normalized spacial score (nSPS) is 9.92. The molecule has 6 heteroatoms. The van der Waals surface area contributed by atoms with Crippen LogP contribution in [0.2, 0.25) is 0 Å². The zero-order valence-electron chi connectivity index (χ0n) is 6.49. The summed E-state index contributed by atoms with van der Waals surface area (Å²) < 4.78 is 4.80. The Balaban J connectivity index is 2.59. The summed E-state index contributed by atoms with van der Waals surface area (Å²) >= 11 is 5.10. The van der Waals surface area contributed by atoms with Crippen LogP contribution in [-0.2, 0) is 11.2 Å². The second-order valence-corrected chi connectivity index (χ2v) is 2.64. The first-order chi connectivity index (χ1) is 6.09. The predicted octanol–water partition coefficient (Wildman–Crippen LogP) is 1.07. The molecule has 1 rings (SSSR count). The number of oxazole rings is 1. The number of aromatic nitrogens is 1. The van der Waals surface area contributed by atoms with E-state index in [1.54, 1.807) is 0 Å². The molecule has 0 bridgehead atoms. The van der Waals surface area contributed by atoms with Gasteiger partial charge in [0.1, 0.15) is 6.26 Å². The minimum Gasteiger partial charge on any atom is -0.481 e. The van der Waals surface area contributed by atoms with Crippen LogP contribution >= 0.6 is 11.6 Å². The smallest absolute Gasteiger partial charge is 0.303 e. The molecule has 1 aromatic rings. The van der Waals surface area contributed by atoms with Gasteiger partial charge in [0.25, 0.3) is 5.24 Å². The van der Waals surface area contributed by atoms with Crippen LogP contribution in [0.3, 0.4) is 0 Å². The fraction of sp³-hybridized carbons (Fsp3) is 0.286. The van der Waals surface area contributed by atoms with Crippen LogP contribution in [0.1, 0.15) is 22.8 Å². The van der Waals surface area contributed by atoms with E-state index in [9.17, 15) is 9.59 Å². The average molecular weight is 204 g/mol. The van der Waals surface area contributed by atoms with Gasteiger partial charge in [0.05, 0.1) is 6.42 Å². The third-order valence-corrected chi connectivity index (χ3v) is 1.50. The van der Waals surface area contributed by atoms with Gasteiger partial charge >= 0.3 is 5.97 Å². The highest BCUT2D eigenvalue weighted by Gasteiger charge is 2.10. The van der Waals surface area contributed by atoms with Crippen LogP contribution in [0, 0.1) is 0 Å². The molecule has 1 heterocycles. The van der Waals surface area contributed by atoms with Gasteiger partial charge in [0, 0.05) is 6.42 Å². The van der Waals surface area contributed by atoms with Gasteiger partial charge in [-0.1, -0.05) is 0 Å². The molecule has 0 aliphatic carbocycles. The Morgan fingerprint density at radius 3 is 2.77 bits per heavy atom. The summed E-state index contributed by atoms with van der Waals surface area (Å²) in [6, 6.07) is 0. The first-order valence-corrected chi connectivity index (χ1v) is 3.83. The van der Waals surface area contributed by atoms with E-state index in [-0.39, 0.29) is 24.4 Å². The Kier molecular flexibility index (Phi) is 3.02. The van der Waals surface area contributed by atoms with E-state index in [2.05, 4.69) is 4.98 Å². The number of halogens is 1. The molecule has 70 valence electrons. The van der Waals surface area contributed by atoms with Crippen molar-refractivity contribution in [1.82, 2.24) is 4.98 Å². The lowest BCUT2D eigenvalue weighted by Crippen LogP contribution is -1.98. The van der Waals surface area contributed by atoms with Crippen molar-refractivity contribution in [3.05, 3.63) is 17.8 Å². The molecule has 0 aliphatic rings. The summed E-state index contributed by atoms with van der Waals surface area (Å²) in [5.41, 5.74) is 0.00190. The maximum atomic E-state index is 10.5. The average Bonchev–Trinajstić information content (AvgIpc) is 2.48. The quantitative estimate of drug-likeness (QED) is 0.741. The number of aliphatic carboxylic acids is 1. The zero-order valence-corrected chi connectivity index (χ0v) is 7.24. The number of hydrogen-bond acceptors (Lipinski definition) is 4. The largest absolute Gasteiger partial charge is 0.481 e. The number of carbonyl (C=O) groups is 2. The van der Waals surface area contributed by atoms with Crippen molar-refractivity contribution in [1.29, 1.82) is 0 Å². The van der Waals surface area contributed by atoms with Crippen molar-refractivity contribution in [2.45, 2.75) is 12.8 Å². The highest BCUT2D eigenvalue weighted by molar-refractivity contribution is 6.67. The van der Waals surface area contributed by atoms with Crippen LogP contribution in [0.4, 0.5) is 0 Å². The van der Waals surface area contributed by atoms with Gasteiger partial charge in [-0.3, -0.25) is 9.59 Å². The van der Waals surface area contributed by atoms with E-state index in [1.807, 2.05) is 0 Å². The third-order valence-electron chi connectivity index (χ3n) is 1.31. The van der Waals surface area contributed by atoms with E-state index in [0.29, 0.717) is 0 Å². The van der Waals surface area contributed by atoms with Crippen molar-refractivity contribution in [2.24, 2.45) is 0 Å². The lowest BCUT2D eigenvalue weighted by atomic mass is 10.3. The summed E-state index contributed by atoms with van der Waals surface area (Å²) in [4.78, 5) is 24.3. The summed E-state index contributed by atoms with van der Waals surface area (Å²) in [5, 5.41) is 7.61. The fourth-order valence-corrected chi connectivity index (χ4v) is 0.817. The summed E-state index contributed by atoms with van der Waals surface area (Å²) in [5.74, 6) is -0.747. The van der Waals surface area contributed by atoms with E-state index in [1.165, 1.54) is 0 Å². The van der Waals surface area contributed by atoms with E-state index >= 15 is 0 Å². The summed E-state index contributed by atoms with van der Waals surface area (Å²) in [7, 11) is 0. The maximum Gasteiger partial charge on any atom is 0.303 e. The molecular formula is C7H6ClNO4. The second kappa shape index (κ2) is 4.04. The van der Waals surface area contributed by atoms with Gasteiger partial charge < -0.3 is 9.52 Å². The van der Waals surface area contributed by atoms with Crippen LogP contribution in [0.5, 0.6) is 0 Å². The topological polar surface area (TPSA) is 80.4 Å². The standard InChI is InChI=1S/C7H6ClNO4/c8-7(12)4-3-13-5(9-4)1-2-6(10)11/h3H,1-2H2,(H,10,11). The first-order valence-electron chi connectivity index (χ1n) is 3.45. The molecule has 0 aromatic carbocycles. The number of hydrogen-bond donors (Lipinski definition) is 1. The lowest BCUT2D eigenvalue weighted by Gasteiger charge is -1.88. The molecule has 1 N–H and O–H groups in total. The van der Waals surface area contributed by atoms with Crippen molar-refractivity contribution >= 4 is 22.8 Å². The van der Waals surface area contributed by atoms with Gasteiger partial charge in [-0.2, -0.15) is 0 Å². The number of carboxylic acids is 1. The molecule has 0 spiro atoms. The van der Waals surface area contributed by atoms with Crippen LogP contribution in [0.15, 0.2) is 10.7 Å². The van der Waals surface area contributed by atoms with Gasteiger partial charge in [0.15, 0.2) is 11.6 Å². The van der Waals surface area contributed by atoms with Crippen molar-refractivity contribution in [2.75, 3.05) is 0 Å². The van der Waals surface area contributed by atoms with Crippen LogP contribution in [0.25, 0.3) is 0 Å². The molecule has 13 heavy (non-hydrogen) atoms. The van der Waals surface area contributed by atoms with Crippen LogP contribution < -0.4 is 0 Å². The van der Waals surface area contributed by atoms with E-state index in [4.69, 9.17) is 21.1 Å². The number of carboxylic acid groups (broad SMARTS) is 1. The number of carbonyl (C=O) groups excluding carboxylic acids is 1. The zero-order chi connectivity index (χ0) is 9.84. The molecule has 0 fully saturated rings. The SMILES string of the molecule is O=C(O)CCc1nc(C(=O)Cl)co1. The molecule has 0 amide bonds. The highest BCUT2D eigenvalue weighted by Crippen LogP contribution is 2.06. The van der Waals surface area contributed by atoms with Gasteiger partial charge in [-0.05, 0) is 11.6 Å². The van der Waals surface area contributed by atoms with Crippen molar-refractivity contribution in [3.63, 3.8) is 0 Å². The second-order valence-electron chi connectivity index (χ2n) is 2.29. The summed E-state index contributed by atoms with van der Waals surface area (Å²) in [6.07, 6.45) is 1.17. The summed E-state index contributed by atoms with van der Waals surface area (Å²) in [6.45, 7) is 0. The number of rotatable bonds is 4. The maximum absolute atomic E-state index is 10.5. The number of nitrogens with zero attached hydrogens (tertiary/aromatic N) is 1. The van der Waals surface area contributed by atoms with Gasteiger partial charge in [-0.15, -0.1) is 0 Å². The van der Waals surface area contributed by atoms with Crippen LogP contribution in [-0.4, -0.2) is 21.3 Å². The minimum absolute atomic E-state index is 0.00190. The Hall–Kier alpha value is -1.36. The van der Waals surface area contributed by atoms with Crippen molar-refractivity contribution < 1.29 is 19.1 Å². The first kappa shape index (κ1) is 9.73. The minimum atomic E-state index is -0.947. The fourth-order valence-electron chi connectivity index (χ4n) is 0.730. The number of aryl methyl sites for hydroxylation is 1. The molecular weight excluding hydrogens is 198 g/mol. The molecule has 0 saturated carbocycles. The lowest BCUT2D eigenvalue weighted by molar-refractivity contribution is -0.137. The molecule has 0 saturated heterocycles. The monoisotopic (exact) mass is 203 g/mol. The molecule has 1 aromatic heterocycles. The molecule has 0 aliphatic heterocycles. The van der Waals surface area contributed by atoms with Gasteiger partial charge in [0.2, 0.25) is 0 Å². The highest BCUT2D eigenvalue weighted by atomic mass is 35.5. The van der Waals surface area contributed by atoms with Gasteiger partial charge in [-0.25, -0.2) is 4.98 Å². The molecule has 0 radical (unpaired) electrons. The Morgan fingerprint density at radius 1 is 1.62 bits per heavy atom. The third kappa shape index (κ3) is 2.87. The Labute approximate surface area is 78.3 Å². The van der Waals surface area contributed by atoms with Crippen molar-refractivity contribution in [3.8, 4) is 0 Å².